The zero-order chi connectivity index (χ0) is 10.7. The highest BCUT2D eigenvalue weighted by atomic mass is 79.9. The van der Waals surface area contributed by atoms with E-state index in [-0.39, 0.29) is 0 Å². The molecule has 2 nitrogen and oxygen atoms in total. The summed E-state index contributed by atoms with van der Waals surface area (Å²) >= 11 is 5.07. The van der Waals surface area contributed by atoms with Crippen molar-refractivity contribution in [2.75, 3.05) is 0 Å². The molecule has 80 valence electrons. The topological polar surface area (TPSA) is 25.2 Å². The molecule has 0 fully saturated rings. The van der Waals surface area contributed by atoms with Crippen molar-refractivity contribution < 1.29 is 4.42 Å². The second-order valence-electron chi connectivity index (χ2n) is 3.34. The molecule has 0 unspecified atom stereocenters. The number of hydrogen-bond acceptors (Lipinski definition) is 3. The van der Waals surface area contributed by atoms with E-state index in [4.69, 9.17) is 4.42 Å². The summed E-state index contributed by atoms with van der Waals surface area (Å²) in [6.07, 6.45) is 0. The van der Waals surface area contributed by atoms with Gasteiger partial charge in [0, 0.05) is 11.4 Å². The van der Waals surface area contributed by atoms with Gasteiger partial charge in [-0.15, -0.1) is 11.3 Å². The summed E-state index contributed by atoms with van der Waals surface area (Å²) in [6, 6.07) is 6.02. The number of nitrogens with one attached hydrogen (secondary N) is 1. The number of rotatable bonds is 4. The zero-order valence-electron chi connectivity index (χ0n) is 8.42. The van der Waals surface area contributed by atoms with Gasteiger partial charge in [-0.2, -0.15) is 0 Å². The van der Waals surface area contributed by atoms with Gasteiger partial charge in [0.25, 0.3) is 0 Å². The van der Waals surface area contributed by atoms with Gasteiger partial charge in [0.1, 0.15) is 5.76 Å². The van der Waals surface area contributed by atoms with Gasteiger partial charge in [0.05, 0.1) is 6.54 Å². The molecule has 0 aliphatic heterocycles. The molecule has 2 aromatic rings. The van der Waals surface area contributed by atoms with Crippen LogP contribution in [0.5, 0.6) is 0 Å². The van der Waals surface area contributed by atoms with Gasteiger partial charge in [-0.05, 0) is 52.0 Å². The minimum Gasteiger partial charge on any atom is -0.453 e. The van der Waals surface area contributed by atoms with Gasteiger partial charge in [0.15, 0.2) is 4.67 Å². The smallest absolute Gasteiger partial charge is 0.169 e. The van der Waals surface area contributed by atoms with Crippen molar-refractivity contribution >= 4 is 27.3 Å². The predicted octanol–water partition coefficient (Wildman–Crippen LogP) is 3.70. The molecule has 4 heteroatoms. The maximum atomic E-state index is 5.39. The molecule has 0 spiro atoms. The highest BCUT2D eigenvalue weighted by Gasteiger charge is 2.01. The second kappa shape index (κ2) is 4.96. The van der Waals surface area contributed by atoms with Gasteiger partial charge in [0.2, 0.25) is 0 Å². The van der Waals surface area contributed by atoms with Gasteiger partial charge in [-0.25, -0.2) is 0 Å². The number of furan rings is 1. The largest absolute Gasteiger partial charge is 0.453 e. The van der Waals surface area contributed by atoms with Crippen molar-refractivity contribution in [2.24, 2.45) is 0 Å². The van der Waals surface area contributed by atoms with Crippen molar-refractivity contribution in [1.82, 2.24) is 5.32 Å². The van der Waals surface area contributed by atoms with Gasteiger partial charge < -0.3 is 9.73 Å². The molecule has 2 aromatic heterocycles. The van der Waals surface area contributed by atoms with Crippen LogP contribution in [0.4, 0.5) is 0 Å². The first-order chi connectivity index (χ1) is 7.25. The summed E-state index contributed by atoms with van der Waals surface area (Å²) in [7, 11) is 0. The number of aryl methyl sites for hydroxylation is 1. The summed E-state index contributed by atoms with van der Waals surface area (Å²) < 4.78 is 6.17. The van der Waals surface area contributed by atoms with Crippen LogP contribution in [0, 0.1) is 6.92 Å². The highest BCUT2D eigenvalue weighted by molar-refractivity contribution is 9.10. The van der Waals surface area contributed by atoms with Crippen LogP contribution in [0.25, 0.3) is 0 Å². The molecular formula is C11H12BrNOS. The fourth-order valence-electron chi connectivity index (χ4n) is 1.33. The summed E-state index contributed by atoms with van der Waals surface area (Å²) in [5, 5.41) is 5.47. The second-order valence-corrected chi connectivity index (χ2v) is 5.12. The SMILES string of the molecule is Cc1ccsc1CNCc1ccc(Br)o1. The fourth-order valence-corrected chi connectivity index (χ4v) is 2.55. The first-order valence-electron chi connectivity index (χ1n) is 4.73. The molecule has 0 bridgehead atoms. The average Bonchev–Trinajstić information content (AvgIpc) is 2.77. The predicted molar refractivity (Wildman–Crippen MR) is 66.0 cm³/mol. The maximum Gasteiger partial charge on any atom is 0.169 e. The molecule has 2 rings (SSSR count). The summed E-state index contributed by atoms with van der Waals surface area (Å²) in [5.74, 6) is 0.955. The molecule has 0 aliphatic rings. The lowest BCUT2D eigenvalue weighted by atomic mass is 10.3. The molecule has 15 heavy (non-hydrogen) atoms. The molecule has 0 saturated carbocycles. The van der Waals surface area contributed by atoms with E-state index in [9.17, 15) is 0 Å². The fraction of sp³-hybridized carbons (Fsp3) is 0.273. The summed E-state index contributed by atoms with van der Waals surface area (Å²) in [4.78, 5) is 1.39. The first-order valence-corrected chi connectivity index (χ1v) is 6.41. The quantitative estimate of drug-likeness (QED) is 0.927. The van der Waals surface area contributed by atoms with Crippen LogP contribution in [0.15, 0.2) is 32.7 Å². The van der Waals surface area contributed by atoms with Crippen molar-refractivity contribution in [2.45, 2.75) is 20.0 Å². The van der Waals surface area contributed by atoms with E-state index in [1.54, 1.807) is 11.3 Å². The average molecular weight is 286 g/mol. The Labute approximate surface area is 101 Å². The number of halogens is 1. The molecule has 0 aromatic carbocycles. The van der Waals surface area contributed by atoms with Crippen LogP contribution < -0.4 is 5.32 Å². The van der Waals surface area contributed by atoms with Gasteiger partial charge in [-0.3, -0.25) is 0 Å². The van der Waals surface area contributed by atoms with Crippen molar-refractivity contribution in [3.63, 3.8) is 0 Å². The minimum absolute atomic E-state index is 0.767. The lowest BCUT2D eigenvalue weighted by Crippen LogP contribution is -2.11. The minimum atomic E-state index is 0.767. The summed E-state index contributed by atoms with van der Waals surface area (Å²) in [6.45, 7) is 3.81. The normalized spacial score (nSPS) is 10.8. The third kappa shape index (κ3) is 2.93. The van der Waals surface area contributed by atoms with Crippen LogP contribution in [0.1, 0.15) is 16.2 Å². The van der Waals surface area contributed by atoms with E-state index in [0.29, 0.717) is 0 Å². The lowest BCUT2D eigenvalue weighted by molar-refractivity contribution is 0.466. The molecule has 0 amide bonds. The van der Waals surface area contributed by atoms with Crippen molar-refractivity contribution in [3.05, 3.63) is 44.4 Å². The van der Waals surface area contributed by atoms with E-state index in [1.807, 2.05) is 12.1 Å². The van der Waals surface area contributed by atoms with E-state index in [1.165, 1.54) is 10.4 Å². The Kier molecular flexibility index (Phi) is 3.61. The van der Waals surface area contributed by atoms with Gasteiger partial charge in [-0.1, -0.05) is 0 Å². The van der Waals surface area contributed by atoms with Crippen LogP contribution in [-0.4, -0.2) is 0 Å². The Morgan fingerprint density at radius 2 is 2.20 bits per heavy atom. The molecule has 0 atom stereocenters. The van der Waals surface area contributed by atoms with E-state index in [0.717, 1.165) is 23.5 Å². The zero-order valence-corrected chi connectivity index (χ0v) is 10.8. The number of thiophene rings is 1. The van der Waals surface area contributed by atoms with E-state index < -0.39 is 0 Å². The summed E-state index contributed by atoms with van der Waals surface area (Å²) in [5.41, 5.74) is 1.35. The monoisotopic (exact) mass is 285 g/mol. The first kappa shape index (κ1) is 10.9. The third-order valence-corrected chi connectivity index (χ3v) is 3.63. The highest BCUT2D eigenvalue weighted by Crippen LogP contribution is 2.16. The molecule has 0 aliphatic carbocycles. The van der Waals surface area contributed by atoms with Crippen LogP contribution in [0.3, 0.4) is 0 Å². The third-order valence-electron chi connectivity index (χ3n) is 2.18. The van der Waals surface area contributed by atoms with Crippen LogP contribution in [0.2, 0.25) is 0 Å². The van der Waals surface area contributed by atoms with Gasteiger partial charge >= 0.3 is 0 Å². The Bertz CT molecular complexity index is 435. The molecular weight excluding hydrogens is 274 g/mol. The molecule has 0 saturated heterocycles. The van der Waals surface area contributed by atoms with Crippen LogP contribution in [-0.2, 0) is 13.1 Å². The standard InChI is InChI=1S/C11H12BrNOS/c1-8-4-5-15-10(8)7-13-6-9-2-3-11(12)14-9/h2-5,13H,6-7H2,1H3. The maximum absolute atomic E-state index is 5.39. The van der Waals surface area contributed by atoms with Crippen LogP contribution >= 0.6 is 27.3 Å². The van der Waals surface area contributed by atoms with Crippen molar-refractivity contribution in [3.8, 4) is 0 Å². The van der Waals surface area contributed by atoms with E-state index in [2.05, 4.69) is 39.6 Å². The van der Waals surface area contributed by atoms with E-state index >= 15 is 0 Å². The number of hydrogen-bond donors (Lipinski definition) is 1. The molecule has 0 radical (unpaired) electrons. The Morgan fingerprint density at radius 1 is 1.33 bits per heavy atom. The lowest BCUT2D eigenvalue weighted by Gasteiger charge is -2.01. The molecule has 1 N–H and O–H groups in total. The Morgan fingerprint density at radius 3 is 2.80 bits per heavy atom. The Hall–Kier alpha value is -0.580. The Balaban J connectivity index is 1.83. The van der Waals surface area contributed by atoms with Crippen molar-refractivity contribution in [1.29, 1.82) is 0 Å². The molecule has 2 heterocycles.